The molecule has 0 aromatic heterocycles. The summed E-state index contributed by atoms with van der Waals surface area (Å²) in [6.07, 6.45) is 1.46. The van der Waals surface area contributed by atoms with Crippen LogP contribution in [0.1, 0.15) is 47.5 Å². The number of Topliss-reactive ketones (excluding diaryl/α,β-unsaturated/α-hetero) is 1. The van der Waals surface area contributed by atoms with Crippen molar-refractivity contribution in [3.63, 3.8) is 0 Å². The molecule has 1 aliphatic rings. The van der Waals surface area contributed by atoms with Crippen LogP contribution in [-0.2, 0) is 9.53 Å². The minimum atomic E-state index is -0.480. The van der Waals surface area contributed by atoms with Crippen LogP contribution in [0.3, 0.4) is 0 Å². The van der Waals surface area contributed by atoms with Gasteiger partial charge in [-0.3, -0.25) is 4.79 Å². The molecule has 4 nitrogen and oxygen atoms in total. The smallest absolute Gasteiger partial charge is 0.410 e. The second kappa shape index (κ2) is 5.72. The molecular formula is C14H25NO3. The van der Waals surface area contributed by atoms with Crippen LogP contribution >= 0.6 is 0 Å². The first-order valence-corrected chi connectivity index (χ1v) is 6.72. The van der Waals surface area contributed by atoms with E-state index >= 15 is 0 Å². The summed E-state index contributed by atoms with van der Waals surface area (Å²) >= 11 is 0. The molecule has 1 saturated heterocycles. The van der Waals surface area contributed by atoms with Crippen molar-refractivity contribution in [1.82, 2.24) is 4.90 Å². The maximum atomic E-state index is 12.0. The van der Waals surface area contributed by atoms with E-state index in [2.05, 4.69) is 0 Å². The van der Waals surface area contributed by atoms with Crippen molar-refractivity contribution in [3.8, 4) is 0 Å². The SMILES string of the molecule is CC(C)C(=O)[C@H]1CCCN(C(=O)OC(C)(C)C)C1. The first-order chi connectivity index (χ1) is 8.20. The molecule has 1 heterocycles. The number of hydrogen-bond acceptors (Lipinski definition) is 3. The predicted molar refractivity (Wildman–Crippen MR) is 70.4 cm³/mol. The number of ketones is 1. The molecule has 0 aromatic carbocycles. The number of carbonyl (C=O) groups excluding carboxylic acids is 2. The molecule has 0 aromatic rings. The maximum Gasteiger partial charge on any atom is 0.410 e. The van der Waals surface area contributed by atoms with Gasteiger partial charge >= 0.3 is 6.09 Å². The van der Waals surface area contributed by atoms with Crippen LogP contribution in [0.4, 0.5) is 4.79 Å². The number of rotatable bonds is 2. The van der Waals surface area contributed by atoms with Gasteiger partial charge in [-0.2, -0.15) is 0 Å². The number of piperidine rings is 1. The first kappa shape index (κ1) is 15.0. The minimum absolute atomic E-state index is 0.0220. The van der Waals surface area contributed by atoms with E-state index in [1.165, 1.54) is 0 Å². The Balaban J connectivity index is 2.59. The van der Waals surface area contributed by atoms with E-state index in [1.54, 1.807) is 4.90 Å². The zero-order chi connectivity index (χ0) is 13.9. The fourth-order valence-electron chi connectivity index (χ4n) is 2.17. The van der Waals surface area contributed by atoms with Crippen molar-refractivity contribution >= 4 is 11.9 Å². The molecule has 0 spiro atoms. The summed E-state index contributed by atoms with van der Waals surface area (Å²) in [6.45, 7) is 10.6. The highest BCUT2D eigenvalue weighted by atomic mass is 16.6. The number of nitrogens with zero attached hydrogens (tertiary/aromatic N) is 1. The quantitative estimate of drug-likeness (QED) is 0.762. The zero-order valence-corrected chi connectivity index (χ0v) is 12.2. The van der Waals surface area contributed by atoms with Gasteiger partial charge in [0.25, 0.3) is 0 Å². The minimum Gasteiger partial charge on any atom is -0.444 e. The Labute approximate surface area is 110 Å². The lowest BCUT2D eigenvalue weighted by Crippen LogP contribution is -2.45. The van der Waals surface area contributed by atoms with Crippen molar-refractivity contribution < 1.29 is 14.3 Å². The lowest BCUT2D eigenvalue weighted by Gasteiger charge is -2.34. The first-order valence-electron chi connectivity index (χ1n) is 6.72. The highest BCUT2D eigenvalue weighted by molar-refractivity contribution is 5.83. The van der Waals surface area contributed by atoms with Gasteiger partial charge in [-0.1, -0.05) is 13.8 Å². The van der Waals surface area contributed by atoms with Crippen LogP contribution in [0.5, 0.6) is 0 Å². The molecule has 0 bridgehead atoms. The third kappa shape index (κ3) is 4.31. The Morgan fingerprint density at radius 3 is 2.39 bits per heavy atom. The Bertz CT molecular complexity index is 317. The van der Waals surface area contributed by atoms with Gasteiger partial charge < -0.3 is 9.64 Å². The Morgan fingerprint density at radius 2 is 1.89 bits per heavy atom. The van der Waals surface area contributed by atoms with Crippen molar-refractivity contribution in [2.45, 2.75) is 53.1 Å². The predicted octanol–water partition coefficient (Wildman–Crippen LogP) is 2.86. The van der Waals surface area contributed by atoms with E-state index in [-0.39, 0.29) is 23.7 Å². The lowest BCUT2D eigenvalue weighted by atomic mass is 9.88. The largest absolute Gasteiger partial charge is 0.444 e. The standard InChI is InChI=1S/C14H25NO3/c1-10(2)12(16)11-7-6-8-15(9-11)13(17)18-14(3,4)5/h10-11H,6-9H2,1-5H3/t11-/m0/s1. The lowest BCUT2D eigenvalue weighted by molar-refractivity contribution is -0.127. The van der Waals surface area contributed by atoms with Crippen molar-refractivity contribution in [3.05, 3.63) is 0 Å². The zero-order valence-electron chi connectivity index (χ0n) is 12.2. The highest BCUT2D eigenvalue weighted by Crippen LogP contribution is 2.22. The van der Waals surface area contributed by atoms with Crippen LogP contribution in [0.15, 0.2) is 0 Å². The fourth-order valence-corrected chi connectivity index (χ4v) is 2.17. The molecule has 0 saturated carbocycles. The fraction of sp³-hybridized carbons (Fsp3) is 0.857. The molecule has 0 aliphatic carbocycles. The van der Waals surface area contributed by atoms with E-state index in [1.807, 2.05) is 34.6 Å². The summed E-state index contributed by atoms with van der Waals surface area (Å²) in [5.74, 6) is 0.267. The molecule has 0 unspecified atom stereocenters. The summed E-state index contributed by atoms with van der Waals surface area (Å²) in [5, 5.41) is 0. The summed E-state index contributed by atoms with van der Waals surface area (Å²) < 4.78 is 5.34. The van der Waals surface area contributed by atoms with Crippen LogP contribution in [-0.4, -0.2) is 35.5 Å². The molecule has 4 heteroatoms. The number of likely N-dealkylation sites (tertiary alicyclic amines) is 1. The van der Waals surface area contributed by atoms with Gasteiger partial charge in [-0.15, -0.1) is 0 Å². The topological polar surface area (TPSA) is 46.6 Å². The third-order valence-electron chi connectivity index (χ3n) is 3.04. The second-order valence-electron chi connectivity index (χ2n) is 6.32. The summed E-state index contributed by atoms with van der Waals surface area (Å²) in [5.41, 5.74) is -0.480. The Morgan fingerprint density at radius 1 is 1.28 bits per heavy atom. The Kier molecular flexibility index (Phi) is 4.77. The van der Waals surface area contributed by atoms with Crippen LogP contribution < -0.4 is 0 Å². The van der Waals surface area contributed by atoms with Gasteiger partial charge in [-0.05, 0) is 33.6 Å². The summed E-state index contributed by atoms with van der Waals surface area (Å²) in [4.78, 5) is 25.6. The second-order valence-corrected chi connectivity index (χ2v) is 6.32. The molecule has 0 radical (unpaired) electrons. The van der Waals surface area contributed by atoms with E-state index < -0.39 is 5.60 Å². The van der Waals surface area contributed by atoms with Crippen LogP contribution in [0.2, 0.25) is 0 Å². The average Bonchev–Trinajstić information content (AvgIpc) is 2.25. The van der Waals surface area contributed by atoms with Gasteiger partial charge in [0.1, 0.15) is 11.4 Å². The molecule has 18 heavy (non-hydrogen) atoms. The van der Waals surface area contributed by atoms with Crippen LogP contribution in [0, 0.1) is 11.8 Å². The maximum absolute atomic E-state index is 12.0. The van der Waals surface area contributed by atoms with E-state index in [4.69, 9.17) is 4.74 Å². The van der Waals surface area contributed by atoms with Gasteiger partial charge in [-0.25, -0.2) is 4.79 Å². The third-order valence-corrected chi connectivity index (χ3v) is 3.04. The van der Waals surface area contributed by atoms with Gasteiger partial charge in [0.15, 0.2) is 0 Å². The van der Waals surface area contributed by atoms with Gasteiger partial charge in [0, 0.05) is 24.9 Å². The number of amides is 1. The average molecular weight is 255 g/mol. The number of hydrogen-bond donors (Lipinski definition) is 0. The molecule has 1 amide bonds. The summed E-state index contributed by atoms with van der Waals surface area (Å²) in [7, 11) is 0. The number of carbonyl (C=O) groups is 2. The monoisotopic (exact) mass is 255 g/mol. The van der Waals surface area contributed by atoms with Crippen molar-refractivity contribution in [2.75, 3.05) is 13.1 Å². The van der Waals surface area contributed by atoms with Crippen molar-refractivity contribution in [1.29, 1.82) is 0 Å². The summed E-state index contributed by atoms with van der Waals surface area (Å²) in [6, 6.07) is 0. The van der Waals surface area contributed by atoms with E-state index in [0.29, 0.717) is 13.1 Å². The molecule has 104 valence electrons. The molecule has 0 N–H and O–H groups in total. The van der Waals surface area contributed by atoms with Gasteiger partial charge in [0.05, 0.1) is 0 Å². The normalized spacial score (nSPS) is 21.0. The molecule has 1 fully saturated rings. The van der Waals surface area contributed by atoms with E-state index in [9.17, 15) is 9.59 Å². The number of ether oxygens (including phenoxy) is 1. The van der Waals surface area contributed by atoms with E-state index in [0.717, 1.165) is 12.8 Å². The Hall–Kier alpha value is -1.06. The molecular weight excluding hydrogens is 230 g/mol. The van der Waals surface area contributed by atoms with Gasteiger partial charge in [0.2, 0.25) is 0 Å². The molecule has 1 aliphatic heterocycles. The highest BCUT2D eigenvalue weighted by Gasteiger charge is 2.31. The molecule has 1 atom stereocenters. The molecule has 1 rings (SSSR count). The van der Waals surface area contributed by atoms with Crippen LogP contribution in [0.25, 0.3) is 0 Å². The van der Waals surface area contributed by atoms with Crippen molar-refractivity contribution in [2.24, 2.45) is 11.8 Å².